The molecule has 1 unspecified atom stereocenters. The molecule has 8 heteroatoms. The number of carbonyl (C=O) groups excluding carboxylic acids is 2. The van der Waals surface area contributed by atoms with Gasteiger partial charge in [-0.2, -0.15) is 0 Å². The fourth-order valence-corrected chi connectivity index (χ4v) is 4.66. The molecule has 4 heterocycles. The highest BCUT2D eigenvalue weighted by atomic mass is 16.2. The molecule has 2 atom stereocenters. The van der Waals surface area contributed by atoms with Gasteiger partial charge in [0.25, 0.3) is 5.91 Å². The van der Waals surface area contributed by atoms with Crippen molar-refractivity contribution in [3.63, 3.8) is 0 Å². The molecule has 1 fully saturated rings. The number of carbonyl (C=O) groups is 2. The van der Waals surface area contributed by atoms with Crippen molar-refractivity contribution < 1.29 is 9.59 Å². The fourth-order valence-electron chi connectivity index (χ4n) is 4.66. The standard InChI is InChI=1S/C26H34N6O2/c1-18(2)12-20(19-6-4-10-28-14-19)15-29-26(34)23-8-3-9-24-30-22(17-32(23)24)13-25(33)31-11-5-7-21(27)16-31/h3-4,6,8-10,14,17-18,20-21H,5,7,11-13,15-16,27H2,1-2H3,(H,29,34)/t20?,21-/m1/s1. The maximum Gasteiger partial charge on any atom is 0.268 e. The molecule has 2 amide bonds. The summed E-state index contributed by atoms with van der Waals surface area (Å²) in [5, 5.41) is 3.10. The van der Waals surface area contributed by atoms with E-state index in [1.165, 1.54) is 0 Å². The van der Waals surface area contributed by atoms with E-state index < -0.39 is 0 Å². The van der Waals surface area contributed by atoms with Crippen molar-refractivity contribution >= 4 is 17.5 Å². The number of rotatable bonds is 8. The minimum Gasteiger partial charge on any atom is -0.350 e. The smallest absolute Gasteiger partial charge is 0.268 e. The number of piperidine rings is 1. The molecule has 0 spiro atoms. The van der Waals surface area contributed by atoms with Crippen LogP contribution in [0.4, 0.5) is 0 Å². The fraction of sp³-hybridized carbons (Fsp3) is 0.462. The molecular formula is C26H34N6O2. The first kappa shape index (κ1) is 23.9. The van der Waals surface area contributed by atoms with Gasteiger partial charge in [0.05, 0.1) is 12.1 Å². The van der Waals surface area contributed by atoms with Crippen LogP contribution in [0, 0.1) is 5.92 Å². The Morgan fingerprint density at radius 1 is 1.24 bits per heavy atom. The van der Waals surface area contributed by atoms with Crippen molar-refractivity contribution in [3.05, 3.63) is 65.9 Å². The molecule has 3 aromatic rings. The Kier molecular flexibility index (Phi) is 7.57. The van der Waals surface area contributed by atoms with E-state index in [1.807, 2.05) is 29.3 Å². The number of aromatic nitrogens is 3. The third-order valence-electron chi connectivity index (χ3n) is 6.34. The third-order valence-corrected chi connectivity index (χ3v) is 6.34. The van der Waals surface area contributed by atoms with E-state index in [-0.39, 0.29) is 30.2 Å². The lowest BCUT2D eigenvalue weighted by Crippen LogP contribution is -2.46. The van der Waals surface area contributed by atoms with Crippen LogP contribution in [-0.2, 0) is 11.2 Å². The average Bonchev–Trinajstić information content (AvgIpc) is 3.24. The summed E-state index contributed by atoms with van der Waals surface area (Å²) in [6.07, 6.45) is 8.46. The molecule has 4 rings (SSSR count). The number of amides is 2. The lowest BCUT2D eigenvalue weighted by Gasteiger charge is -2.30. The number of fused-ring (bicyclic) bond motifs is 1. The van der Waals surface area contributed by atoms with Crippen molar-refractivity contribution in [2.24, 2.45) is 11.7 Å². The van der Waals surface area contributed by atoms with Crippen LogP contribution < -0.4 is 11.1 Å². The highest BCUT2D eigenvalue weighted by molar-refractivity contribution is 5.93. The molecule has 0 aromatic carbocycles. The first-order valence-electron chi connectivity index (χ1n) is 12.1. The van der Waals surface area contributed by atoms with Gasteiger partial charge in [-0.3, -0.25) is 19.0 Å². The number of hydrogen-bond donors (Lipinski definition) is 2. The quantitative estimate of drug-likeness (QED) is 0.536. The summed E-state index contributed by atoms with van der Waals surface area (Å²) >= 11 is 0. The van der Waals surface area contributed by atoms with Crippen LogP contribution in [0.25, 0.3) is 5.65 Å². The number of likely N-dealkylation sites (tertiary alicyclic amines) is 1. The van der Waals surface area contributed by atoms with Crippen molar-refractivity contribution in [2.75, 3.05) is 19.6 Å². The first-order chi connectivity index (χ1) is 16.4. The number of nitrogens with one attached hydrogen (secondary N) is 1. The van der Waals surface area contributed by atoms with Crippen molar-refractivity contribution in [1.82, 2.24) is 24.6 Å². The molecular weight excluding hydrogens is 428 g/mol. The lowest BCUT2D eigenvalue weighted by atomic mass is 9.91. The zero-order valence-electron chi connectivity index (χ0n) is 20.0. The van der Waals surface area contributed by atoms with Crippen LogP contribution in [0.2, 0.25) is 0 Å². The predicted octanol–water partition coefficient (Wildman–Crippen LogP) is 2.78. The summed E-state index contributed by atoms with van der Waals surface area (Å²) in [5.74, 6) is 0.538. The minimum absolute atomic E-state index is 0.0255. The zero-order valence-corrected chi connectivity index (χ0v) is 20.0. The summed E-state index contributed by atoms with van der Waals surface area (Å²) in [5.41, 5.74) is 8.94. The van der Waals surface area contributed by atoms with Gasteiger partial charge in [-0.25, -0.2) is 4.98 Å². The normalized spacial score (nSPS) is 17.2. The van der Waals surface area contributed by atoms with Crippen LogP contribution >= 0.6 is 0 Å². The maximum absolute atomic E-state index is 13.1. The molecule has 0 saturated carbocycles. The number of nitrogens with zero attached hydrogens (tertiary/aromatic N) is 4. The molecule has 34 heavy (non-hydrogen) atoms. The second-order valence-electron chi connectivity index (χ2n) is 9.61. The number of nitrogens with two attached hydrogens (primary N) is 1. The van der Waals surface area contributed by atoms with Gasteiger partial charge in [-0.15, -0.1) is 0 Å². The van der Waals surface area contributed by atoms with Gasteiger partial charge in [-0.1, -0.05) is 26.0 Å². The average molecular weight is 463 g/mol. The monoisotopic (exact) mass is 462 g/mol. The van der Waals surface area contributed by atoms with Gasteiger partial charge in [0, 0.05) is 50.2 Å². The van der Waals surface area contributed by atoms with Gasteiger partial charge < -0.3 is 16.0 Å². The Balaban J connectivity index is 1.46. The van der Waals surface area contributed by atoms with E-state index in [0.29, 0.717) is 36.0 Å². The summed E-state index contributed by atoms with van der Waals surface area (Å²) in [6, 6.07) is 9.47. The van der Waals surface area contributed by atoms with Crippen LogP contribution in [0.3, 0.4) is 0 Å². The van der Waals surface area contributed by atoms with E-state index in [0.717, 1.165) is 31.4 Å². The van der Waals surface area contributed by atoms with E-state index in [9.17, 15) is 9.59 Å². The Morgan fingerprint density at radius 2 is 2.09 bits per heavy atom. The van der Waals surface area contributed by atoms with E-state index >= 15 is 0 Å². The first-order valence-corrected chi connectivity index (χ1v) is 12.1. The van der Waals surface area contributed by atoms with Crippen LogP contribution in [0.15, 0.2) is 48.9 Å². The molecule has 8 nitrogen and oxygen atoms in total. The molecule has 0 bridgehead atoms. The van der Waals surface area contributed by atoms with E-state index in [1.54, 1.807) is 22.9 Å². The van der Waals surface area contributed by atoms with Crippen molar-refractivity contribution in [2.45, 2.75) is 51.5 Å². The Morgan fingerprint density at radius 3 is 2.82 bits per heavy atom. The molecule has 1 saturated heterocycles. The predicted molar refractivity (Wildman–Crippen MR) is 131 cm³/mol. The Labute approximate surface area is 200 Å². The summed E-state index contributed by atoms with van der Waals surface area (Å²) in [6.45, 7) is 6.21. The molecule has 1 aliphatic heterocycles. The topological polar surface area (TPSA) is 106 Å². The molecule has 0 aliphatic carbocycles. The minimum atomic E-state index is -0.166. The van der Waals surface area contributed by atoms with Gasteiger partial charge >= 0.3 is 0 Å². The maximum atomic E-state index is 13.1. The van der Waals surface area contributed by atoms with Gasteiger partial charge in [0.1, 0.15) is 11.3 Å². The van der Waals surface area contributed by atoms with Gasteiger partial charge in [-0.05, 0) is 48.9 Å². The molecule has 180 valence electrons. The number of pyridine rings is 2. The largest absolute Gasteiger partial charge is 0.350 e. The second kappa shape index (κ2) is 10.8. The summed E-state index contributed by atoms with van der Waals surface area (Å²) in [7, 11) is 0. The highest BCUT2D eigenvalue weighted by Gasteiger charge is 2.23. The van der Waals surface area contributed by atoms with Crippen molar-refractivity contribution in [1.29, 1.82) is 0 Å². The Bertz CT molecular complexity index is 1130. The number of hydrogen-bond acceptors (Lipinski definition) is 5. The number of imidazole rings is 1. The van der Waals surface area contributed by atoms with E-state index in [4.69, 9.17) is 5.73 Å². The molecule has 0 radical (unpaired) electrons. The van der Waals surface area contributed by atoms with E-state index in [2.05, 4.69) is 35.2 Å². The molecule has 1 aliphatic rings. The van der Waals surface area contributed by atoms with Crippen LogP contribution in [-0.4, -0.2) is 56.8 Å². The SMILES string of the molecule is CC(C)CC(CNC(=O)c1cccc2nc(CC(=O)N3CCC[C@@H](N)C3)cn12)c1cccnc1. The second-order valence-corrected chi connectivity index (χ2v) is 9.61. The van der Waals surface area contributed by atoms with Crippen LogP contribution in [0.5, 0.6) is 0 Å². The van der Waals surface area contributed by atoms with Crippen LogP contribution in [0.1, 0.15) is 60.8 Å². The summed E-state index contributed by atoms with van der Waals surface area (Å²) < 4.78 is 1.77. The van der Waals surface area contributed by atoms with Crippen molar-refractivity contribution in [3.8, 4) is 0 Å². The zero-order chi connectivity index (χ0) is 24.1. The lowest BCUT2D eigenvalue weighted by molar-refractivity contribution is -0.131. The van der Waals surface area contributed by atoms with Gasteiger partial charge in [0.15, 0.2) is 0 Å². The molecule has 3 aromatic heterocycles. The highest BCUT2D eigenvalue weighted by Crippen LogP contribution is 2.22. The molecule has 3 N–H and O–H groups in total. The Hall–Kier alpha value is -3.26. The summed E-state index contributed by atoms with van der Waals surface area (Å²) in [4.78, 5) is 36.5. The van der Waals surface area contributed by atoms with Gasteiger partial charge in [0.2, 0.25) is 5.91 Å². The third kappa shape index (κ3) is 5.80.